The van der Waals surface area contributed by atoms with Gasteiger partial charge in [0, 0.05) is 4.88 Å². The van der Waals surface area contributed by atoms with Gasteiger partial charge in [-0.3, -0.25) is 0 Å². The molecule has 0 aliphatic heterocycles. The summed E-state index contributed by atoms with van der Waals surface area (Å²) in [6, 6.07) is 8.25. The third kappa shape index (κ3) is 2.95. The SMILES string of the molecule is COc1cc(/C=C(\C(=O)O)c2cccs2)ccc1O. The number of phenols is 1. The van der Waals surface area contributed by atoms with Crippen molar-refractivity contribution >= 4 is 29.0 Å². The number of benzene rings is 1. The monoisotopic (exact) mass is 276 g/mol. The molecule has 0 atom stereocenters. The van der Waals surface area contributed by atoms with Gasteiger partial charge in [-0.15, -0.1) is 11.3 Å². The molecule has 2 rings (SSSR count). The molecule has 1 aromatic carbocycles. The van der Waals surface area contributed by atoms with Gasteiger partial charge in [0.25, 0.3) is 0 Å². The molecule has 0 saturated heterocycles. The van der Waals surface area contributed by atoms with Gasteiger partial charge in [-0.25, -0.2) is 4.79 Å². The summed E-state index contributed by atoms with van der Waals surface area (Å²) in [6.45, 7) is 0. The Bertz CT molecular complexity index is 614. The molecule has 2 N–H and O–H groups in total. The average Bonchev–Trinajstić information content (AvgIpc) is 2.91. The first kappa shape index (κ1) is 13.2. The fourth-order valence-corrected chi connectivity index (χ4v) is 2.35. The van der Waals surface area contributed by atoms with E-state index in [0.29, 0.717) is 16.2 Å². The fourth-order valence-electron chi connectivity index (χ4n) is 1.62. The summed E-state index contributed by atoms with van der Waals surface area (Å²) >= 11 is 1.36. The average molecular weight is 276 g/mol. The molecule has 0 radical (unpaired) electrons. The zero-order valence-corrected chi connectivity index (χ0v) is 11.0. The van der Waals surface area contributed by atoms with Crippen molar-refractivity contribution in [1.82, 2.24) is 0 Å². The Morgan fingerprint density at radius 2 is 2.16 bits per heavy atom. The normalized spacial score (nSPS) is 11.3. The zero-order chi connectivity index (χ0) is 13.8. The van der Waals surface area contributed by atoms with Crippen LogP contribution in [0.4, 0.5) is 0 Å². The molecule has 0 amide bonds. The standard InChI is InChI=1S/C14H12O4S/c1-18-12-8-9(4-5-11(12)15)7-10(14(16)17)13-3-2-6-19-13/h2-8,15H,1H3,(H,16,17)/b10-7-. The number of methoxy groups -OCH3 is 1. The number of phenolic OH excluding ortho intramolecular Hbond substituents is 1. The summed E-state index contributed by atoms with van der Waals surface area (Å²) in [7, 11) is 1.44. The minimum atomic E-state index is -0.991. The van der Waals surface area contributed by atoms with E-state index in [1.165, 1.54) is 24.5 Å². The molecule has 2 aromatic rings. The van der Waals surface area contributed by atoms with Crippen molar-refractivity contribution in [2.75, 3.05) is 7.11 Å². The van der Waals surface area contributed by atoms with Crippen molar-refractivity contribution in [1.29, 1.82) is 0 Å². The van der Waals surface area contributed by atoms with E-state index in [2.05, 4.69) is 0 Å². The maximum absolute atomic E-state index is 11.3. The summed E-state index contributed by atoms with van der Waals surface area (Å²) < 4.78 is 4.99. The number of rotatable bonds is 4. The van der Waals surface area contributed by atoms with E-state index in [1.54, 1.807) is 30.3 Å². The van der Waals surface area contributed by atoms with Gasteiger partial charge in [-0.2, -0.15) is 0 Å². The van der Waals surface area contributed by atoms with Gasteiger partial charge < -0.3 is 14.9 Å². The molecular weight excluding hydrogens is 264 g/mol. The highest BCUT2D eigenvalue weighted by molar-refractivity contribution is 7.11. The van der Waals surface area contributed by atoms with E-state index in [4.69, 9.17) is 4.74 Å². The van der Waals surface area contributed by atoms with Gasteiger partial charge in [0.15, 0.2) is 11.5 Å². The summed E-state index contributed by atoms with van der Waals surface area (Å²) in [5.74, 6) is -0.660. The third-order valence-corrected chi connectivity index (χ3v) is 3.43. The smallest absolute Gasteiger partial charge is 0.337 e. The lowest BCUT2D eigenvalue weighted by atomic mass is 10.1. The van der Waals surface area contributed by atoms with E-state index in [0.717, 1.165) is 0 Å². The number of hydrogen-bond donors (Lipinski definition) is 2. The zero-order valence-electron chi connectivity index (χ0n) is 10.2. The Balaban J connectivity index is 2.45. The second-order valence-corrected chi connectivity index (χ2v) is 4.72. The van der Waals surface area contributed by atoms with Crippen LogP contribution < -0.4 is 4.74 Å². The van der Waals surface area contributed by atoms with Crippen LogP contribution in [0.5, 0.6) is 11.5 Å². The van der Waals surface area contributed by atoms with Crippen LogP contribution in [-0.4, -0.2) is 23.3 Å². The number of aliphatic carboxylic acids is 1. The van der Waals surface area contributed by atoms with Gasteiger partial charge in [-0.05, 0) is 35.2 Å². The first-order chi connectivity index (χ1) is 9.11. The van der Waals surface area contributed by atoms with Crippen molar-refractivity contribution in [3.63, 3.8) is 0 Å². The molecule has 4 nitrogen and oxygen atoms in total. The number of carboxylic acid groups (broad SMARTS) is 1. The predicted molar refractivity (Wildman–Crippen MR) is 74.5 cm³/mol. The highest BCUT2D eigenvalue weighted by atomic mass is 32.1. The molecule has 0 spiro atoms. The Morgan fingerprint density at radius 1 is 1.37 bits per heavy atom. The van der Waals surface area contributed by atoms with Crippen LogP contribution in [0.15, 0.2) is 35.7 Å². The maximum Gasteiger partial charge on any atom is 0.337 e. The van der Waals surface area contributed by atoms with Gasteiger partial charge in [-0.1, -0.05) is 12.1 Å². The van der Waals surface area contributed by atoms with Crippen molar-refractivity contribution in [3.8, 4) is 11.5 Å². The minimum absolute atomic E-state index is 0.0210. The number of hydrogen-bond acceptors (Lipinski definition) is 4. The van der Waals surface area contributed by atoms with Crippen molar-refractivity contribution < 1.29 is 19.7 Å². The van der Waals surface area contributed by atoms with E-state index in [-0.39, 0.29) is 11.3 Å². The number of aromatic hydroxyl groups is 1. The second kappa shape index (κ2) is 5.58. The molecule has 98 valence electrons. The summed E-state index contributed by atoms with van der Waals surface area (Å²) in [5.41, 5.74) is 0.864. The van der Waals surface area contributed by atoms with Crippen LogP contribution in [0, 0.1) is 0 Å². The molecule has 0 saturated carbocycles. The third-order valence-electron chi connectivity index (χ3n) is 2.53. The van der Waals surface area contributed by atoms with Crippen molar-refractivity contribution in [2.45, 2.75) is 0 Å². The molecule has 0 unspecified atom stereocenters. The molecule has 1 aromatic heterocycles. The first-order valence-electron chi connectivity index (χ1n) is 5.47. The Labute approximate surface area is 114 Å². The molecule has 5 heteroatoms. The Hall–Kier alpha value is -2.27. The lowest BCUT2D eigenvalue weighted by molar-refractivity contribution is -0.130. The van der Waals surface area contributed by atoms with E-state index < -0.39 is 5.97 Å². The topological polar surface area (TPSA) is 66.8 Å². The Kier molecular flexibility index (Phi) is 3.87. The van der Waals surface area contributed by atoms with Gasteiger partial charge in [0.2, 0.25) is 0 Å². The van der Waals surface area contributed by atoms with E-state index >= 15 is 0 Å². The number of thiophene rings is 1. The molecule has 19 heavy (non-hydrogen) atoms. The quantitative estimate of drug-likeness (QED) is 0.842. The van der Waals surface area contributed by atoms with Crippen LogP contribution in [0.3, 0.4) is 0 Å². The van der Waals surface area contributed by atoms with E-state index in [1.807, 2.05) is 5.38 Å². The number of ether oxygens (including phenoxy) is 1. The number of carbonyl (C=O) groups is 1. The van der Waals surface area contributed by atoms with Gasteiger partial charge >= 0.3 is 5.97 Å². The van der Waals surface area contributed by atoms with Gasteiger partial charge in [0.1, 0.15) is 0 Å². The molecular formula is C14H12O4S. The molecule has 0 bridgehead atoms. The summed E-state index contributed by atoms with van der Waals surface area (Å²) in [5, 5.41) is 20.6. The van der Waals surface area contributed by atoms with Crippen LogP contribution in [0.1, 0.15) is 10.4 Å². The van der Waals surface area contributed by atoms with Crippen molar-refractivity contribution in [2.24, 2.45) is 0 Å². The highest BCUT2D eigenvalue weighted by Crippen LogP contribution is 2.29. The Morgan fingerprint density at radius 3 is 2.74 bits per heavy atom. The number of carboxylic acids is 1. The van der Waals surface area contributed by atoms with Crippen molar-refractivity contribution in [3.05, 3.63) is 46.2 Å². The van der Waals surface area contributed by atoms with Crippen LogP contribution in [0.2, 0.25) is 0 Å². The van der Waals surface area contributed by atoms with Crippen LogP contribution >= 0.6 is 11.3 Å². The lowest BCUT2D eigenvalue weighted by Crippen LogP contribution is -1.97. The predicted octanol–water partition coefficient (Wildman–Crippen LogP) is 3.09. The molecule has 0 aliphatic rings. The largest absolute Gasteiger partial charge is 0.504 e. The molecule has 1 heterocycles. The minimum Gasteiger partial charge on any atom is -0.504 e. The van der Waals surface area contributed by atoms with Crippen LogP contribution in [-0.2, 0) is 4.79 Å². The second-order valence-electron chi connectivity index (χ2n) is 3.77. The molecule has 0 fully saturated rings. The maximum atomic E-state index is 11.3. The summed E-state index contributed by atoms with van der Waals surface area (Å²) in [4.78, 5) is 12.0. The van der Waals surface area contributed by atoms with Gasteiger partial charge in [0.05, 0.1) is 12.7 Å². The lowest BCUT2D eigenvalue weighted by Gasteiger charge is -2.05. The van der Waals surface area contributed by atoms with Crippen LogP contribution in [0.25, 0.3) is 11.6 Å². The summed E-state index contributed by atoms with van der Waals surface area (Å²) in [6.07, 6.45) is 1.55. The highest BCUT2D eigenvalue weighted by Gasteiger charge is 2.12. The van der Waals surface area contributed by atoms with E-state index in [9.17, 15) is 15.0 Å². The fraction of sp³-hybridized carbons (Fsp3) is 0.0714. The molecule has 0 aliphatic carbocycles. The first-order valence-corrected chi connectivity index (χ1v) is 6.35.